The van der Waals surface area contributed by atoms with Gasteiger partial charge in [0.1, 0.15) is 12.2 Å². The van der Waals surface area contributed by atoms with Crippen molar-refractivity contribution in [3.63, 3.8) is 0 Å². The van der Waals surface area contributed by atoms with Gasteiger partial charge < -0.3 is 19.8 Å². The second kappa shape index (κ2) is 8.17. The van der Waals surface area contributed by atoms with Gasteiger partial charge in [-0.3, -0.25) is 14.5 Å². The zero-order valence-electron chi connectivity index (χ0n) is 16.3. The molecule has 0 atom stereocenters. The summed E-state index contributed by atoms with van der Waals surface area (Å²) in [6.45, 7) is 4.43. The number of esters is 2. The van der Waals surface area contributed by atoms with E-state index < -0.39 is 24.5 Å². The number of ether oxygens (including phenoxy) is 2. The summed E-state index contributed by atoms with van der Waals surface area (Å²) >= 11 is 0. The number of rotatable bonds is 5. The van der Waals surface area contributed by atoms with Crippen LogP contribution in [0.5, 0.6) is 0 Å². The molecule has 2 aromatic rings. The van der Waals surface area contributed by atoms with Gasteiger partial charge >= 0.3 is 11.9 Å². The molecule has 0 bridgehead atoms. The summed E-state index contributed by atoms with van der Waals surface area (Å²) in [4.78, 5) is 53.0. The quantitative estimate of drug-likeness (QED) is 0.742. The lowest BCUT2D eigenvalue weighted by molar-refractivity contribution is -0.124. The summed E-state index contributed by atoms with van der Waals surface area (Å²) < 4.78 is 10.1. The van der Waals surface area contributed by atoms with Crippen LogP contribution in [0.1, 0.15) is 39.0 Å². The molecule has 0 unspecified atom stereocenters. The second-order valence-electron chi connectivity index (χ2n) is 6.47. The predicted octanol–water partition coefficient (Wildman–Crippen LogP) is 1.95. The summed E-state index contributed by atoms with van der Waals surface area (Å²) in [5, 5.41) is 2.68. The molecule has 9 heteroatoms. The molecule has 0 fully saturated rings. The SMILES string of the molecule is CCOC(=O)c1c(C)[nH]c(C(=O)OCC(=O)N2CC(=O)Nc3ccccc32)c1C. The highest BCUT2D eigenvalue weighted by Gasteiger charge is 2.28. The molecule has 1 aliphatic heterocycles. The number of amides is 2. The number of fused-ring (bicyclic) bond motifs is 1. The molecule has 152 valence electrons. The summed E-state index contributed by atoms with van der Waals surface area (Å²) in [6, 6.07) is 6.86. The van der Waals surface area contributed by atoms with Crippen molar-refractivity contribution in [1.29, 1.82) is 0 Å². The van der Waals surface area contributed by atoms with Gasteiger partial charge in [-0.05, 0) is 38.5 Å². The molecule has 0 saturated carbocycles. The summed E-state index contributed by atoms with van der Waals surface area (Å²) in [7, 11) is 0. The predicted molar refractivity (Wildman–Crippen MR) is 104 cm³/mol. The average Bonchev–Trinajstić information content (AvgIpc) is 2.99. The van der Waals surface area contributed by atoms with Crippen LogP contribution in [0, 0.1) is 13.8 Å². The molecule has 9 nitrogen and oxygen atoms in total. The van der Waals surface area contributed by atoms with Crippen LogP contribution in [-0.2, 0) is 19.1 Å². The van der Waals surface area contributed by atoms with Gasteiger partial charge in [-0.2, -0.15) is 0 Å². The molecule has 0 spiro atoms. The van der Waals surface area contributed by atoms with Crippen molar-refractivity contribution in [2.75, 3.05) is 30.0 Å². The van der Waals surface area contributed by atoms with E-state index in [0.717, 1.165) is 0 Å². The fourth-order valence-corrected chi connectivity index (χ4v) is 3.20. The van der Waals surface area contributed by atoms with Gasteiger partial charge in [-0.1, -0.05) is 12.1 Å². The van der Waals surface area contributed by atoms with Gasteiger partial charge in [0.15, 0.2) is 6.61 Å². The van der Waals surface area contributed by atoms with E-state index in [1.807, 2.05) is 0 Å². The van der Waals surface area contributed by atoms with Crippen molar-refractivity contribution in [1.82, 2.24) is 4.98 Å². The fourth-order valence-electron chi connectivity index (χ4n) is 3.20. The Bertz CT molecular complexity index is 994. The number of hydrogen-bond acceptors (Lipinski definition) is 6. The first-order valence-electron chi connectivity index (χ1n) is 9.06. The van der Waals surface area contributed by atoms with Crippen LogP contribution in [0.4, 0.5) is 11.4 Å². The minimum atomic E-state index is -0.774. The van der Waals surface area contributed by atoms with Crippen LogP contribution in [-0.4, -0.2) is 48.5 Å². The number of aromatic nitrogens is 1. The summed E-state index contributed by atoms with van der Waals surface area (Å²) in [6.07, 6.45) is 0. The number of hydrogen-bond donors (Lipinski definition) is 2. The number of nitrogens with one attached hydrogen (secondary N) is 2. The largest absolute Gasteiger partial charge is 0.462 e. The molecular weight excluding hydrogens is 378 g/mol. The van der Waals surface area contributed by atoms with Gasteiger partial charge in [0.05, 0.1) is 23.5 Å². The molecule has 29 heavy (non-hydrogen) atoms. The molecule has 2 N–H and O–H groups in total. The van der Waals surface area contributed by atoms with Gasteiger partial charge in [-0.25, -0.2) is 9.59 Å². The van der Waals surface area contributed by atoms with Crippen LogP contribution in [0.2, 0.25) is 0 Å². The number of H-pyrrole nitrogens is 1. The highest BCUT2D eigenvalue weighted by Crippen LogP contribution is 2.29. The van der Waals surface area contributed by atoms with Crippen LogP contribution in [0.3, 0.4) is 0 Å². The first kappa shape index (κ1) is 20.1. The monoisotopic (exact) mass is 399 g/mol. The lowest BCUT2D eigenvalue weighted by Gasteiger charge is -2.28. The Labute approximate surface area is 167 Å². The zero-order chi connectivity index (χ0) is 21.1. The molecular formula is C20H21N3O6. The highest BCUT2D eigenvalue weighted by molar-refractivity contribution is 6.10. The number of aryl methyl sites for hydroxylation is 1. The van der Waals surface area contributed by atoms with E-state index in [2.05, 4.69) is 10.3 Å². The number of carbonyl (C=O) groups is 4. The van der Waals surface area contributed by atoms with Crippen LogP contribution in [0.15, 0.2) is 24.3 Å². The molecule has 0 aliphatic carbocycles. The van der Waals surface area contributed by atoms with E-state index in [1.165, 1.54) is 4.90 Å². The Balaban J connectivity index is 1.72. The standard InChI is InChI=1S/C20H21N3O6/c1-4-28-19(26)17-11(2)18(21-12(17)3)20(27)29-10-16(25)23-9-15(24)22-13-7-5-6-8-14(13)23/h5-8,21H,4,9-10H2,1-3H3,(H,22,24). The molecule has 1 aromatic heterocycles. The number of nitrogens with zero attached hydrogens (tertiary/aromatic N) is 1. The van der Waals surface area contributed by atoms with Crippen molar-refractivity contribution in [3.8, 4) is 0 Å². The van der Waals surface area contributed by atoms with E-state index in [0.29, 0.717) is 22.6 Å². The highest BCUT2D eigenvalue weighted by atomic mass is 16.5. The Kier molecular flexibility index (Phi) is 5.67. The molecule has 0 radical (unpaired) electrons. The molecule has 1 aromatic carbocycles. The lowest BCUT2D eigenvalue weighted by atomic mass is 10.1. The molecule has 3 rings (SSSR count). The van der Waals surface area contributed by atoms with Crippen molar-refractivity contribution in [2.45, 2.75) is 20.8 Å². The summed E-state index contributed by atoms with van der Waals surface area (Å²) in [5.41, 5.74) is 2.26. The smallest absolute Gasteiger partial charge is 0.355 e. The van der Waals surface area contributed by atoms with Gasteiger partial charge in [0, 0.05) is 5.69 Å². The number of anilines is 2. The topological polar surface area (TPSA) is 118 Å². The molecule has 1 aliphatic rings. The van der Waals surface area contributed by atoms with E-state index in [1.54, 1.807) is 45.0 Å². The normalized spacial score (nSPS) is 12.8. The average molecular weight is 399 g/mol. The number of para-hydroxylation sites is 2. The maximum absolute atomic E-state index is 12.6. The Morgan fingerprint density at radius 3 is 2.55 bits per heavy atom. The van der Waals surface area contributed by atoms with Gasteiger partial charge in [0.25, 0.3) is 5.91 Å². The van der Waals surface area contributed by atoms with Crippen LogP contribution in [0.25, 0.3) is 0 Å². The third kappa shape index (κ3) is 3.98. The van der Waals surface area contributed by atoms with Gasteiger partial charge in [0.2, 0.25) is 5.91 Å². The molecule has 2 amide bonds. The zero-order valence-corrected chi connectivity index (χ0v) is 16.3. The van der Waals surface area contributed by atoms with E-state index in [9.17, 15) is 19.2 Å². The first-order valence-corrected chi connectivity index (χ1v) is 9.06. The number of aromatic amines is 1. The van der Waals surface area contributed by atoms with Crippen LogP contribution >= 0.6 is 0 Å². The number of benzene rings is 1. The summed E-state index contributed by atoms with van der Waals surface area (Å²) in [5.74, 6) is -2.18. The number of carbonyl (C=O) groups excluding carboxylic acids is 4. The van der Waals surface area contributed by atoms with Crippen molar-refractivity contribution < 1.29 is 28.7 Å². The first-order chi connectivity index (χ1) is 13.8. The van der Waals surface area contributed by atoms with E-state index in [-0.39, 0.29) is 30.3 Å². The lowest BCUT2D eigenvalue weighted by Crippen LogP contribution is -2.44. The van der Waals surface area contributed by atoms with Crippen LogP contribution < -0.4 is 10.2 Å². The van der Waals surface area contributed by atoms with E-state index in [4.69, 9.17) is 9.47 Å². The second-order valence-corrected chi connectivity index (χ2v) is 6.47. The maximum Gasteiger partial charge on any atom is 0.355 e. The third-order valence-electron chi connectivity index (χ3n) is 4.52. The van der Waals surface area contributed by atoms with Crippen molar-refractivity contribution in [3.05, 3.63) is 46.8 Å². The molecule has 0 saturated heterocycles. The molecule has 2 heterocycles. The maximum atomic E-state index is 12.6. The third-order valence-corrected chi connectivity index (χ3v) is 4.52. The fraction of sp³-hybridized carbons (Fsp3) is 0.300. The Hall–Kier alpha value is -3.62. The minimum absolute atomic E-state index is 0.0788. The Morgan fingerprint density at radius 1 is 1.10 bits per heavy atom. The van der Waals surface area contributed by atoms with Crippen molar-refractivity contribution >= 4 is 35.1 Å². The van der Waals surface area contributed by atoms with E-state index >= 15 is 0 Å². The minimum Gasteiger partial charge on any atom is -0.462 e. The van der Waals surface area contributed by atoms with Gasteiger partial charge in [-0.15, -0.1) is 0 Å². The Morgan fingerprint density at radius 2 is 1.83 bits per heavy atom. The van der Waals surface area contributed by atoms with Crippen molar-refractivity contribution in [2.24, 2.45) is 0 Å².